The Morgan fingerprint density at radius 1 is 0.451 bits per heavy atom. The lowest BCUT2D eigenvalue weighted by Gasteiger charge is -2.48. The third-order valence-electron chi connectivity index (χ3n) is 7.21. The van der Waals surface area contributed by atoms with Crippen LogP contribution in [0.2, 0.25) is 0 Å². The number of esters is 7. The van der Waals surface area contributed by atoms with E-state index >= 15 is 0 Å². The van der Waals surface area contributed by atoms with Gasteiger partial charge in [-0.1, -0.05) is 34.6 Å². The van der Waals surface area contributed by atoms with Crippen molar-refractivity contribution in [2.45, 2.75) is 143 Å². The normalized spacial score (nSPS) is 21.5. The monoisotopic (exact) mass is 752 g/mol. The number of carbonyl (C=O) groups is 7. The molecule has 1 aliphatic carbocycles. The molecule has 0 aliphatic heterocycles. The zero-order chi connectivity index (χ0) is 38.6. The van der Waals surface area contributed by atoms with Crippen molar-refractivity contribution in [2.24, 2.45) is 5.92 Å². The molecule has 0 amide bonds. The lowest BCUT2D eigenvalue weighted by atomic mass is 9.78. The van der Waals surface area contributed by atoms with Crippen LogP contribution in [-0.4, -0.2) is 92.1 Å². The van der Waals surface area contributed by atoms with Crippen LogP contribution in [-0.2, 0) is 80.3 Å². The van der Waals surface area contributed by atoms with Crippen LogP contribution in [0.15, 0.2) is 0 Å². The van der Waals surface area contributed by atoms with Gasteiger partial charge in [-0.25, -0.2) is 0 Å². The van der Waals surface area contributed by atoms with Crippen LogP contribution in [0.25, 0.3) is 0 Å². The smallest absolute Gasteiger partial charge is 0.337 e. The third-order valence-corrected chi connectivity index (χ3v) is 9.07. The van der Waals surface area contributed by atoms with Gasteiger partial charge in [-0.3, -0.25) is 47.2 Å². The van der Waals surface area contributed by atoms with Crippen molar-refractivity contribution in [1.82, 2.24) is 0 Å². The summed E-state index contributed by atoms with van der Waals surface area (Å²) in [6.07, 6.45) is -8.14. The van der Waals surface area contributed by atoms with Crippen molar-refractivity contribution in [3.05, 3.63) is 0 Å². The van der Waals surface area contributed by atoms with Crippen molar-refractivity contribution in [3.8, 4) is 0 Å². The summed E-state index contributed by atoms with van der Waals surface area (Å²) in [4.78, 5) is 88.6. The second-order valence-corrected chi connectivity index (χ2v) is 13.8. The molecule has 2 unspecified atom stereocenters. The summed E-state index contributed by atoms with van der Waals surface area (Å²) in [5, 5.41) is 0. The lowest BCUT2D eigenvalue weighted by Crippen LogP contribution is -2.66. The van der Waals surface area contributed by atoms with Crippen LogP contribution < -0.4 is 0 Å². The summed E-state index contributed by atoms with van der Waals surface area (Å²) in [5.74, 6) is -7.12. The van der Waals surface area contributed by atoms with Crippen LogP contribution in [0.3, 0.4) is 0 Å². The largest absolute Gasteiger partial charge is 0.458 e. The van der Waals surface area contributed by atoms with E-state index in [0.717, 1.165) is 13.8 Å². The molecule has 0 N–H and O–H groups in total. The van der Waals surface area contributed by atoms with Gasteiger partial charge in [-0.15, -0.1) is 0 Å². The maximum Gasteiger partial charge on any atom is 0.337 e. The van der Waals surface area contributed by atoms with E-state index in [1.165, 1.54) is 0 Å². The summed E-state index contributed by atoms with van der Waals surface area (Å²) in [6, 6.07) is 0. The molecule has 0 radical (unpaired) electrons. The molecular formula is C33H53O17P. The second kappa shape index (κ2) is 23.8. The van der Waals surface area contributed by atoms with Gasteiger partial charge in [-0.05, 0) is 32.1 Å². The molecule has 0 aromatic heterocycles. The lowest BCUT2D eigenvalue weighted by molar-refractivity contribution is -0.245. The second-order valence-electron chi connectivity index (χ2n) is 11.7. The van der Waals surface area contributed by atoms with Crippen LogP contribution >= 0.6 is 7.60 Å². The fourth-order valence-corrected chi connectivity index (χ4v) is 6.65. The Balaban J connectivity index is 4.13. The maximum atomic E-state index is 14.4. The van der Waals surface area contributed by atoms with E-state index in [1.54, 1.807) is 34.6 Å². The van der Waals surface area contributed by atoms with E-state index in [2.05, 4.69) is 0 Å². The minimum absolute atomic E-state index is 0.102. The van der Waals surface area contributed by atoms with Crippen molar-refractivity contribution in [2.75, 3.05) is 19.7 Å². The fraction of sp³-hybridized carbons (Fsp3) is 0.788. The maximum absolute atomic E-state index is 14.4. The highest BCUT2D eigenvalue weighted by Gasteiger charge is 2.61. The van der Waals surface area contributed by atoms with E-state index in [9.17, 15) is 38.1 Å². The predicted octanol–water partition coefficient (Wildman–Crippen LogP) is 4.44. The summed E-state index contributed by atoms with van der Waals surface area (Å²) in [6.45, 7) is 8.85. The Morgan fingerprint density at radius 3 is 0.961 bits per heavy atom. The molecular weight excluding hydrogens is 699 g/mol. The molecule has 292 valence electrons. The van der Waals surface area contributed by atoms with Gasteiger partial charge in [0, 0.05) is 46.0 Å². The molecule has 0 saturated heterocycles. The molecule has 51 heavy (non-hydrogen) atoms. The number of rotatable bonds is 23. The first-order chi connectivity index (χ1) is 24.1. The van der Waals surface area contributed by atoms with Gasteiger partial charge in [0.2, 0.25) is 13.6 Å². The van der Waals surface area contributed by atoms with E-state index in [4.69, 9.17) is 42.2 Å². The Hall–Kier alpha value is -3.56. The standard InChI is InChI=1S/C33H53O17P/c1-8-13-24(36)46-29-23(18-51(41,44-19-42-21(6)34)45-20-43-22(7)35)30(47-25(37)14-9-2)32(49-27(39)16-11-4)33(50-28(40)17-12-5)31(29)48-26(38)15-10-3/h23,29-33H,8-20H2,1-7H3/t23?,29-,30+,31+,32-,33?. The van der Waals surface area contributed by atoms with Gasteiger partial charge < -0.3 is 33.2 Å². The van der Waals surface area contributed by atoms with Gasteiger partial charge in [0.1, 0.15) is 12.2 Å². The first-order valence-corrected chi connectivity index (χ1v) is 19.0. The average Bonchev–Trinajstić information content (AvgIpc) is 3.02. The molecule has 1 aliphatic rings. The molecule has 1 fully saturated rings. The fourth-order valence-electron chi connectivity index (χ4n) is 5.01. The average molecular weight is 753 g/mol. The number of hydrogen-bond donors (Lipinski definition) is 0. The molecule has 0 heterocycles. The minimum Gasteiger partial charge on any atom is -0.458 e. The van der Waals surface area contributed by atoms with Gasteiger partial charge in [-0.2, -0.15) is 0 Å². The Bertz CT molecular complexity index is 1140. The minimum atomic E-state index is -4.62. The van der Waals surface area contributed by atoms with Crippen molar-refractivity contribution in [3.63, 3.8) is 0 Å². The van der Waals surface area contributed by atoms with Crippen molar-refractivity contribution < 1.29 is 80.3 Å². The highest BCUT2D eigenvalue weighted by molar-refractivity contribution is 7.53. The first-order valence-electron chi connectivity index (χ1n) is 17.3. The SMILES string of the molecule is CCCC(=O)OC1[C@@H](OC(=O)CCC)[C@H](OC(=O)CCC)C(CP(=O)(OCOC(C)=O)OCOC(C)=O)[C@H](OC(=O)CCC)[C@H]1OC(=O)CCC. The van der Waals surface area contributed by atoms with Crippen LogP contribution in [0.5, 0.6) is 0 Å². The van der Waals surface area contributed by atoms with E-state index < -0.39 is 106 Å². The van der Waals surface area contributed by atoms with E-state index in [0.29, 0.717) is 32.1 Å². The van der Waals surface area contributed by atoms with Crippen molar-refractivity contribution in [1.29, 1.82) is 0 Å². The molecule has 6 atom stereocenters. The van der Waals surface area contributed by atoms with Crippen LogP contribution in [0, 0.1) is 5.92 Å². The molecule has 0 spiro atoms. The summed E-state index contributed by atoms with van der Waals surface area (Å²) in [5.41, 5.74) is 0. The van der Waals surface area contributed by atoms with E-state index in [1.807, 2.05) is 0 Å². The molecule has 0 bridgehead atoms. The summed E-state index contributed by atoms with van der Waals surface area (Å²) >= 11 is 0. The highest BCUT2D eigenvalue weighted by Crippen LogP contribution is 2.53. The number of ether oxygens (including phenoxy) is 7. The Labute approximate surface area is 298 Å². The van der Waals surface area contributed by atoms with E-state index in [-0.39, 0.29) is 32.1 Å². The molecule has 0 aromatic rings. The molecule has 1 saturated carbocycles. The summed E-state index contributed by atoms with van der Waals surface area (Å²) in [7, 11) is -4.62. The first kappa shape index (κ1) is 45.5. The van der Waals surface area contributed by atoms with Gasteiger partial charge in [0.05, 0.1) is 12.1 Å². The zero-order valence-electron chi connectivity index (χ0n) is 30.5. The highest BCUT2D eigenvalue weighted by atomic mass is 31.2. The Kier molecular flexibility index (Phi) is 21.2. The Morgan fingerprint density at radius 2 is 0.706 bits per heavy atom. The predicted molar refractivity (Wildman–Crippen MR) is 175 cm³/mol. The van der Waals surface area contributed by atoms with Gasteiger partial charge in [0.25, 0.3) is 0 Å². The van der Waals surface area contributed by atoms with Gasteiger partial charge >= 0.3 is 49.4 Å². The zero-order valence-corrected chi connectivity index (χ0v) is 31.4. The third kappa shape index (κ3) is 16.6. The molecule has 1 rings (SSSR count). The summed E-state index contributed by atoms with van der Waals surface area (Å²) < 4.78 is 63.9. The quantitative estimate of drug-likeness (QED) is 0.0609. The molecule has 18 heteroatoms. The molecule has 0 aromatic carbocycles. The van der Waals surface area contributed by atoms with Crippen LogP contribution in [0.1, 0.15) is 113 Å². The topological polar surface area (TPSA) is 220 Å². The number of carbonyl (C=O) groups excluding carboxylic acids is 7. The van der Waals surface area contributed by atoms with Crippen molar-refractivity contribution >= 4 is 49.4 Å². The number of hydrogen-bond acceptors (Lipinski definition) is 17. The molecule has 17 nitrogen and oxygen atoms in total. The van der Waals surface area contributed by atoms with Crippen LogP contribution in [0.4, 0.5) is 0 Å². The van der Waals surface area contributed by atoms with Gasteiger partial charge in [0.15, 0.2) is 18.3 Å².